The van der Waals surface area contributed by atoms with E-state index in [1.807, 2.05) is 19.1 Å². The maximum Gasteiger partial charge on any atom is 0.337 e. The number of carbonyl (C=O) groups excluding carboxylic acids is 1. The van der Waals surface area contributed by atoms with Gasteiger partial charge in [0.25, 0.3) is 0 Å². The van der Waals surface area contributed by atoms with Crippen LogP contribution >= 0.6 is 12.4 Å². The summed E-state index contributed by atoms with van der Waals surface area (Å²) in [5.74, 6) is -0.303. The van der Waals surface area contributed by atoms with Crippen molar-refractivity contribution in [1.29, 1.82) is 0 Å². The van der Waals surface area contributed by atoms with Gasteiger partial charge in [0.05, 0.1) is 29.9 Å². The van der Waals surface area contributed by atoms with Crippen LogP contribution in [0.5, 0.6) is 0 Å². The average molecular weight is 310 g/mol. The lowest BCUT2D eigenvalue weighted by Gasteiger charge is -2.23. The van der Waals surface area contributed by atoms with Gasteiger partial charge in [0.1, 0.15) is 0 Å². The van der Waals surface area contributed by atoms with Crippen LogP contribution in [0.25, 0.3) is 10.9 Å². The molecule has 1 N–H and O–H groups in total. The summed E-state index contributed by atoms with van der Waals surface area (Å²) in [5.41, 5.74) is 2.61. The molecule has 0 saturated carbocycles. The van der Waals surface area contributed by atoms with E-state index < -0.39 is 0 Å². The fourth-order valence-electron chi connectivity index (χ4n) is 2.87. The number of aromatic nitrogens is 2. The minimum atomic E-state index is -0.303. The predicted molar refractivity (Wildman–Crippen MR) is 84.2 cm³/mol. The molecule has 1 aliphatic heterocycles. The second kappa shape index (κ2) is 6.45. The van der Waals surface area contributed by atoms with Crippen molar-refractivity contribution in [3.63, 3.8) is 0 Å². The monoisotopic (exact) mass is 309 g/mol. The van der Waals surface area contributed by atoms with E-state index in [9.17, 15) is 4.79 Å². The van der Waals surface area contributed by atoms with E-state index in [-0.39, 0.29) is 18.4 Å². The number of nitrogens with zero attached hydrogens (tertiary/aromatic N) is 2. The second-order valence-electron chi connectivity index (χ2n) is 5.23. The number of nitrogens with one attached hydrogen (secondary N) is 1. The standard InChI is InChI=1S/C15H19N3O2.ClH/c1-10-13-4-3-11(15(19)20-2)9-14(13)18(17-10)12-5-7-16-8-6-12;/h3-4,9,12,16H,5-8H2,1-2H3;1H. The van der Waals surface area contributed by atoms with E-state index in [0.717, 1.165) is 42.5 Å². The Kier molecular flexibility index (Phi) is 4.85. The molecule has 2 aromatic rings. The topological polar surface area (TPSA) is 56.1 Å². The van der Waals surface area contributed by atoms with Gasteiger partial charge in [-0.3, -0.25) is 4.68 Å². The zero-order valence-corrected chi connectivity index (χ0v) is 13.1. The SMILES string of the molecule is COC(=O)c1ccc2c(C)nn(C3CCNCC3)c2c1.Cl. The molecule has 1 aromatic heterocycles. The van der Waals surface area contributed by atoms with Gasteiger partial charge in [-0.05, 0) is 45.0 Å². The Hall–Kier alpha value is -1.59. The summed E-state index contributed by atoms with van der Waals surface area (Å²) < 4.78 is 6.88. The van der Waals surface area contributed by atoms with Crippen molar-refractivity contribution in [2.45, 2.75) is 25.8 Å². The Morgan fingerprint density at radius 3 is 2.76 bits per heavy atom. The number of hydrogen-bond donors (Lipinski definition) is 1. The largest absolute Gasteiger partial charge is 0.465 e. The maximum absolute atomic E-state index is 11.7. The van der Waals surface area contributed by atoms with E-state index in [2.05, 4.69) is 15.1 Å². The Morgan fingerprint density at radius 2 is 2.10 bits per heavy atom. The van der Waals surface area contributed by atoms with E-state index in [1.165, 1.54) is 7.11 Å². The van der Waals surface area contributed by atoms with Crippen LogP contribution in [0.3, 0.4) is 0 Å². The molecule has 5 nitrogen and oxygen atoms in total. The molecule has 21 heavy (non-hydrogen) atoms. The van der Waals surface area contributed by atoms with E-state index in [1.54, 1.807) is 6.07 Å². The molecule has 2 heterocycles. The molecule has 0 aliphatic carbocycles. The molecule has 114 valence electrons. The normalized spacial score (nSPS) is 15.7. The van der Waals surface area contributed by atoms with Crippen molar-refractivity contribution >= 4 is 29.3 Å². The number of ether oxygens (including phenoxy) is 1. The Balaban J connectivity index is 0.00000161. The van der Waals surface area contributed by atoms with Gasteiger partial charge in [-0.25, -0.2) is 4.79 Å². The number of rotatable bonds is 2. The van der Waals surface area contributed by atoms with E-state index in [4.69, 9.17) is 4.74 Å². The van der Waals surface area contributed by atoms with Crippen LogP contribution < -0.4 is 5.32 Å². The fraction of sp³-hybridized carbons (Fsp3) is 0.467. The Morgan fingerprint density at radius 1 is 1.38 bits per heavy atom. The first-order valence-corrected chi connectivity index (χ1v) is 6.98. The quantitative estimate of drug-likeness (QED) is 0.866. The van der Waals surface area contributed by atoms with E-state index in [0.29, 0.717) is 11.6 Å². The number of benzene rings is 1. The highest BCUT2D eigenvalue weighted by Crippen LogP contribution is 2.27. The number of halogens is 1. The van der Waals surface area contributed by atoms with Crippen LogP contribution in [0.15, 0.2) is 18.2 Å². The van der Waals surface area contributed by atoms with Gasteiger partial charge in [-0.1, -0.05) is 6.07 Å². The van der Waals surface area contributed by atoms with Gasteiger partial charge in [0.15, 0.2) is 0 Å². The van der Waals surface area contributed by atoms with Gasteiger partial charge in [0.2, 0.25) is 0 Å². The third-order valence-corrected chi connectivity index (χ3v) is 3.97. The van der Waals surface area contributed by atoms with Crippen LogP contribution in [-0.2, 0) is 4.74 Å². The second-order valence-corrected chi connectivity index (χ2v) is 5.23. The highest BCUT2D eigenvalue weighted by atomic mass is 35.5. The highest BCUT2D eigenvalue weighted by molar-refractivity contribution is 5.95. The third-order valence-electron chi connectivity index (χ3n) is 3.97. The molecule has 1 aliphatic rings. The number of carbonyl (C=O) groups is 1. The Labute approximate surface area is 130 Å². The molecule has 0 bridgehead atoms. The molecule has 6 heteroatoms. The molecular weight excluding hydrogens is 290 g/mol. The molecule has 1 fully saturated rings. The lowest BCUT2D eigenvalue weighted by Crippen LogP contribution is -2.29. The molecule has 0 radical (unpaired) electrons. The van der Waals surface area contributed by atoms with Gasteiger partial charge >= 0.3 is 5.97 Å². The summed E-state index contributed by atoms with van der Waals surface area (Å²) in [6.45, 7) is 4.04. The molecular formula is C15H20ClN3O2. The number of fused-ring (bicyclic) bond motifs is 1. The predicted octanol–water partition coefficient (Wildman–Crippen LogP) is 2.48. The zero-order chi connectivity index (χ0) is 14.1. The van der Waals surface area contributed by atoms with Gasteiger partial charge < -0.3 is 10.1 Å². The summed E-state index contributed by atoms with van der Waals surface area (Å²) >= 11 is 0. The molecule has 0 atom stereocenters. The Bertz CT molecular complexity index is 648. The zero-order valence-electron chi connectivity index (χ0n) is 12.3. The van der Waals surface area contributed by atoms with Crippen molar-refractivity contribution in [2.75, 3.05) is 20.2 Å². The lowest BCUT2D eigenvalue weighted by molar-refractivity contribution is 0.0601. The van der Waals surface area contributed by atoms with Crippen LogP contribution in [-0.4, -0.2) is 35.9 Å². The first kappa shape index (κ1) is 15.8. The fourth-order valence-corrected chi connectivity index (χ4v) is 2.87. The molecule has 0 amide bonds. The molecule has 1 saturated heterocycles. The molecule has 0 spiro atoms. The van der Waals surface area contributed by atoms with E-state index >= 15 is 0 Å². The minimum Gasteiger partial charge on any atom is -0.465 e. The summed E-state index contributed by atoms with van der Waals surface area (Å²) in [6, 6.07) is 6.06. The van der Waals surface area contributed by atoms with Gasteiger partial charge in [-0.15, -0.1) is 12.4 Å². The average Bonchev–Trinajstić information content (AvgIpc) is 2.84. The maximum atomic E-state index is 11.7. The molecule has 0 unspecified atom stereocenters. The van der Waals surface area contributed by atoms with Crippen LogP contribution in [0.4, 0.5) is 0 Å². The van der Waals surface area contributed by atoms with Crippen molar-refractivity contribution in [3.05, 3.63) is 29.5 Å². The van der Waals surface area contributed by atoms with Crippen molar-refractivity contribution in [3.8, 4) is 0 Å². The van der Waals surface area contributed by atoms with Crippen molar-refractivity contribution in [2.24, 2.45) is 0 Å². The first-order chi connectivity index (χ1) is 9.70. The minimum absolute atomic E-state index is 0. The van der Waals surface area contributed by atoms with Crippen LogP contribution in [0.1, 0.15) is 34.9 Å². The summed E-state index contributed by atoms with van der Waals surface area (Å²) in [5, 5.41) is 9.15. The smallest absolute Gasteiger partial charge is 0.337 e. The van der Waals surface area contributed by atoms with Gasteiger partial charge in [-0.2, -0.15) is 5.10 Å². The van der Waals surface area contributed by atoms with Gasteiger partial charge in [0, 0.05) is 5.39 Å². The molecule has 1 aromatic carbocycles. The third kappa shape index (κ3) is 2.89. The lowest BCUT2D eigenvalue weighted by atomic mass is 10.1. The number of methoxy groups -OCH3 is 1. The number of piperidine rings is 1. The van der Waals surface area contributed by atoms with Crippen molar-refractivity contribution < 1.29 is 9.53 Å². The van der Waals surface area contributed by atoms with Crippen LogP contribution in [0, 0.1) is 6.92 Å². The number of aryl methyl sites for hydroxylation is 1. The summed E-state index contributed by atoms with van der Waals surface area (Å²) in [4.78, 5) is 11.7. The van der Waals surface area contributed by atoms with Crippen LogP contribution in [0.2, 0.25) is 0 Å². The first-order valence-electron chi connectivity index (χ1n) is 6.98. The summed E-state index contributed by atoms with van der Waals surface area (Å²) in [6.07, 6.45) is 2.14. The molecule has 3 rings (SSSR count). The summed E-state index contributed by atoms with van der Waals surface area (Å²) in [7, 11) is 1.40. The highest BCUT2D eigenvalue weighted by Gasteiger charge is 2.20. The number of esters is 1. The van der Waals surface area contributed by atoms with Crippen molar-refractivity contribution in [1.82, 2.24) is 15.1 Å². The number of hydrogen-bond acceptors (Lipinski definition) is 4.